The van der Waals surface area contributed by atoms with Gasteiger partial charge < -0.3 is 4.90 Å². The van der Waals surface area contributed by atoms with Crippen molar-refractivity contribution in [3.05, 3.63) is 29.8 Å². The molecule has 2 nitrogen and oxygen atoms in total. The number of benzene rings is 1. The molecule has 0 saturated heterocycles. The summed E-state index contributed by atoms with van der Waals surface area (Å²) in [6.45, 7) is -1.13. The first-order valence-corrected chi connectivity index (χ1v) is 8.07. The second-order valence-electron chi connectivity index (χ2n) is 4.48. The molecule has 1 aliphatic heterocycles. The largest absolute Gasteiger partial charge is 0.406 e. The van der Waals surface area contributed by atoms with E-state index in [-0.39, 0.29) is 6.54 Å². The molecule has 0 aromatic heterocycles. The first-order valence-electron chi connectivity index (χ1n) is 6.07. The monoisotopic (exact) mass is 367 g/mol. The van der Waals surface area contributed by atoms with Crippen LogP contribution in [0.4, 0.5) is 13.2 Å². The van der Waals surface area contributed by atoms with Gasteiger partial charge in [-0.2, -0.15) is 13.2 Å². The Bertz CT molecular complexity index is 470. The fourth-order valence-electron chi connectivity index (χ4n) is 2.11. The summed E-state index contributed by atoms with van der Waals surface area (Å²) in [5.74, 6) is -0.442. The zero-order chi connectivity index (χ0) is 14.8. The van der Waals surface area contributed by atoms with Crippen LogP contribution in [0.3, 0.4) is 0 Å². The lowest BCUT2D eigenvalue weighted by atomic mass is 10.1. The van der Waals surface area contributed by atoms with Crippen LogP contribution in [0.2, 0.25) is 0 Å². The molecule has 1 aromatic carbocycles. The molecule has 7 heteroatoms. The number of alkyl halides is 4. The summed E-state index contributed by atoms with van der Waals surface area (Å²) in [5, 5.41) is -0.118. The van der Waals surface area contributed by atoms with E-state index >= 15 is 0 Å². The number of hydrogen-bond acceptors (Lipinski definition) is 2. The summed E-state index contributed by atoms with van der Waals surface area (Å²) in [6.07, 6.45) is -3.87. The van der Waals surface area contributed by atoms with Crippen LogP contribution in [0.1, 0.15) is 5.56 Å². The molecule has 0 saturated carbocycles. The van der Waals surface area contributed by atoms with Crippen molar-refractivity contribution in [2.24, 2.45) is 0 Å². The summed E-state index contributed by atoms with van der Waals surface area (Å²) in [6, 6.07) is 7.54. The second kappa shape index (κ2) is 6.39. The second-order valence-corrected chi connectivity index (χ2v) is 6.52. The summed E-state index contributed by atoms with van der Waals surface area (Å²) < 4.78 is 37.6. The molecule has 1 atom stereocenters. The smallest absolute Gasteiger partial charge is 0.332 e. The minimum Gasteiger partial charge on any atom is -0.332 e. The first kappa shape index (κ1) is 15.7. The number of fused-ring (bicyclic) bond motifs is 1. The van der Waals surface area contributed by atoms with Crippen molar-refractivity contribution in [1.29, 1.82) is 0 Å². The molecule has 0 bridgehead atoms. The van der Waals surface area contributed by atoms with Crippen LogP contribution in [0.15, 0.2) is 29.2 Å². The van der Waals surface area contributed by atoms with E-state index < -0.39 is 23.9 Å². The van der Waals surface area contributed by atoms with Crippen molar-refractivity contribution in [2.75, 3.05) is 18.4 Å². The van der Waals surface area contributed by atoms with Gasteiger partial charge in [0.1, 0.15) is 6.54 Å². The van der Waals surface area contributed by atoms with Crippen LogP contribution in [-0.2, 0) is 11.2 Å². The molecule has 1 heterocycles. The predicted octanol–water partition coefficient (Wildman–Crippen LogP) is 3.49. The van der Waals surface area contributed by atoms with E-state index in [9.17, 15) is 18.0 Å². The number of halogens is 4. The molecule has 1 aromatic rings. The maximum atomic E-state index is 12.5. The van der Waals surface area contributed by atoms with E-state index in [1.165, 1.54) is 11.8 Å². The van der Waals surface area contributed by atoms with Gasteiger partial charge in [0.25, 0.3) is 0 Å². The third-order valence-corrected chi connectivity index (χ3v) is 4.62. The number of thioether (sulfide) groups is 1. The van der Waals surface area contributed by atoms with Crippen molar-refractivity contribution < 1.29 is 18.0 Å². The van der Waals surface area contributed by atoms with Crippen LogP contribution in [0.25, 0.3) is 0 Å². The van der Waals surface area contributed by atoms with Gasteiger partial charge in [-0.1, -0.05) is 34.1 Å². The Labute approximate surface area is 127 Å². The van der Waals surface area contributed by atoms with Gasteiger partial charge >= 0.3 is 6.18 Å². The summed E-state index contributed by atoms with van der Waals surface area (Å²) in [4.78, 5) is 14.1. The lowest BCUT2D eigenvalue weighted by molar-refractivity contribution is -0.160. The van der Waals surface area contributed by atoms with Crippen molar-refractivity contribution in [3.63, 3.8) is 0 Å². The SMILES string of the molecule is O=C(C1Cc2ccccc2S1)N(CCBr)CC(F)(F)F. The Morgan fingerprint density at radius 3 is 2.70 bits per heavy atom. The van der Waals surface area contributed by atoms with E-state index in [1.807, 2.05) is 24.3 Å². The van der Waals surface area contributed by atoms with Crippen LogP contribution >= 0.6 is 27.7 Å². The van der Waals surface area contributed by atoms with Gasteiger partial charge in [-0.15, -0.1) is 11.8 Å². The highest BCUT2D eigenvalue weighted by molar-refractivity contribution is 9.09. The van der Waals surface area contributed by atoms with Crippen LogP contribution in [-0.4, -0.2) is 40.7 Å². The number of carbonyl (C=O) groups excluding carboxylic acids is 1. The Morgan fingerprint density at radius 2 is 2.10 bits per heavy atom. The molecule has 20 heavy (non-hydrogen) atoms. The highest BCUT2D eigenvalue weighted by atomic mass is 79.9. The molecule has 2 rings (SSSR count). The van der Waals surface area contributed by atoms with E-state index in [0.717, 1.165) is 15.4 Å². The lowest BCUT2D eigenvalue weighted by Gasteiger charge is -2.25. The van der Waals surface area contributed by atoms with Gasteiger partial charge in [-0.25, -0.2) is 0 Å². The topological polar surface area (TPSA) is 20.3 Å². The first-order chi connectivity index (χ1) is 9.40. The van der Waals surface area contributed by atoms with Gasteiger partial charge in [0.15, 0.2) is 0 Å². The average molecular weight is 368 g/mol. The number of carbonyl (C=O) groups is 1. The van der Waals surface area contributed by atoms with Crippen LogP contribution in [0.5, 0.6) is 0 Å². The fraction of sp³-hybridized carbons (Fsp3) is 0.462. The van der Waals surface area contributed by atoms with E-state index in [4.69, 9.17) is 0 Å². The Balaban J connectivity index is 2.06. The number of amides is 1. The van der Waals surface area contributed by atoms with Gasteiger partial charge in [-0.3, -0.25) is 4.79 Å². The summed E-state index contributed by atoms with van der Waals surface area (Å²) in [5.41, 5.74) is 1.03. The molecule has 0 fully saturated rings. The summed E-state index contributed by atoms with van der Waals surface area (Å²) in [7, 11) is 0. The van der Waals surface area contributed by atoms with E-state index in [2.05, 4.69) is 15.9 Å². The maximum absolute atomic E-state index is 12.5. The number of nitrogens with zero attached hydrogens (tertiary/aromatic N) is 1. The Morgan fingerprint density at radius 1 is 1.40 bits per heavy atom. The van der Waals surface area contributed by atoms with Crippen molar-refractivity contribution in [3.8, 4) is 0 Å². The molecular formula is C13H13BrF3NOS. The molecule has 1 amide bonds. The van der Waals surface area contributed by atoms with Crippen LogP contribution in [0, 0.1) is 0 Å². The zero-order valence-corrected chi connectivity index (χ0v) is 12.9. The van der Waals surface area contributed by atoms with Gasteiger partial charge in [0, 0.05) is 16.8 Å². The molecule has 0 aliphatic carbocycles. The molecule has 0 radical (unpaired) electrons. The lowest BCUT2D eigenvalue weighted by Crippen LogP contribution is -2.44. The third-order valence-electron chi connectivity index (χ3n) is 2.96. The minimum atomic E-state index is -4.37. The minimum absolute atomic E-state index is 0.0613. The highest BCUT2D eigenvalue weighted by Gasteiger charge is 2.37. The maximum Gasteiger partial charge on any atom is 0.406 e. The Kier molecular flexibility index (Phi) is 5.01. The summed E-state index contributed by atoms with van der Waals surface area (Å²) >= 11 is 4.45. The third kappa shape index (κ3) is 3.91. The molecule has 1 aliphatic rings. The van der Waals surface area contributed by atoms with E-state index in [1.54, 1.807) is 0 Å². The fourth-order valence-corrected chi connectivity index (χ4v) is 3.82. The molecular weight excluding hydrogens is 355 g/mol. The molecule has 110 valence electrons. The van der Waals surface area contributed by atoms with Gasteiger partial charge in [0.2, 0.25) is 5.91 Å². The average Bonchev–Trinajstić information content (AvgIpc) is 2.79. The Hall–Kier alpha value is -0.690. The normalized spacial score (nSPS) is 17.9. The van der Waals surface area contributed by atoms with E-state index in [0.29, 0.717) is 11.8 Å². The quantitative estimate of drug-likeness (QED) is 0.759. The molecule has 0 N–H and O–H groups in total. The standard InChI is InChI=1S/C13H13BrF3NOS/c14-5-6-18(8-13(15,16)17)12(19)11-7-9-3-1-2-4-10(9)20-11/h1-4,11H,5-8H2. The molecule has 1 unspecified atom stereocenters. The van der Waals surface area contributed by atoms with Crippen molar-refractivity contribution >= 4 is 33.6 Å². The number of hydrogen-bond donors (Lipinski definition) is 0. The van der Waals surface area contributed by atoms with Gasteiger partial charge in [-0.05, 0) is 18.1 Å². The van der Waals surface area contributed by atoms with Crippen molar-refractivity contribution in [2.45, 2.75) is 22.7 Å². The van der Waals surface area contributed by atoms with Crippen LogP contribution < -0.4 is 0 Å². The molecule has 0 spiro atoms. The highest BCUT2D eigenvalue weighted by Crippen LogP contribution is 2.37. The van der Waals surface area contributed by atoms with Gasteiger partial charge in [0.05, 0.1) is 5.25 Å². The number of rotatable bonds is 4. The predicted molar refractivity (Wildman–Crippen MR) is 76.2 cm³/mol. The zero-order valence-electron chi connectivity index (χ0n) is 10.5. The van der Waals surface area contributed by atoms with Crippen molar-refractivity contribution in [1.82, 2.24) is 4.90 Å².